The van der Waals surface area contributed by atoms with Crippen LogP contribution in [-0.4, -0.2) is 32.3 Å². The van der Waals surface area contributed by atoms with Crippen molar-refractivity contribution in [3.05, 3.63) is 74.9 Å². The second-order valence-corrected chi connectivity index (χ2v) is 5.79. The highest BCUT2D eigenvalue weighted by molar-refractivity contribution is 6.31. The Kier molecular flexibility index (Phi) is 5.13. The monoisotopic (exact) mass is 385 g/mol. The quantitative estimate of drug-likeness (QED) is 0.352. The molecule has 3 rings (SSSR count). The molecular formula is C17H12ClN5O4. The minimum Gasteiger partial charge on any atom is -0.502 e. The number of nitro groups is 1. The highest BCUT2D eigenvalue weighted by Gasteiger charge is 2.18. The molecular weight excluding hydrogens is 374 g/mol. The lowest BCUT2D eigenvalue weighted by atomic mass is 10.1. The summed E-state index contributed by atoms with van der Waals surface area (Å²) in [5.41, 5.74) is 3.28. The molecule has 0 aliphatic heterocycles. The van der Waals surface area contributed by atoms with Gasteiger partial charge >= 0.3 is 5.69 Å². The van der Waals surface area contributed by atoms with Gasteiger partial charge in [0.05, 0.1) is 16.8 Å². The lowest BCUT2D eigenvalue weighted by molar-refractivity contribution is -0.385. The van der Waals surface area contributed by atoms with E-state index in [9.17, 15) is 20.0 Å². The van der Waals surface area contributed by atoms with Gasteiger partial charge in [-0.05, 0) is 12.1 Å². The Morgan fingerprint density at radius 3 is 2.74 bits per heavy atom. The Labute approximate surface area is 157 Å². The molecule has 0 unspecified atom stereocenters. The first-order valence-electron chi connectivity index (χ1n) is 7.57. The van der Waals surface area contributed by atoms with Crippen LogP contribution in [0, 0.1) is 10.1 Å². The average Bonchev–Trinajstić information content (AvgIpc) is 3.15. The van der Waals surface area contributed by atoms with Crippen molar-refractivity contribution in [2.24, 2.45) is 5.10 Å². The lowest BCUT2D eigenvalue weighted by Crippen LogP contribution is -2.18. The van der Waals surface area contributed by atoms with Crippen LogP contribution in [0.5, 0.6) is 5.75 Å². The number of aromatic amines is 1. The van der Waals surface area contributed by atoms with Gasteiger partial charge in [-0.15, -0.1) is 0 Å². The maximum absolute atomic E-state index is 12.1. The first-order valence-corrected chi connectivity index (χ1v) is 7.94. The van der Waals surface area contributed by atoms with Crippen LogP contribution in [0.2, 0.25) is 5.02 Å². The molecule has 0 atom stereocenters. The van der Waals surface area contributed by atoms with Crippen molar-refractivity contribution in [3.8, 4) is 17.0 Å². The van der Waals surface area contributed by atoms with Crippen LogP contribution in [0.25, 0.3) is 11.3 Å². The zero-order chi connectivity index (χ0) is 19.4. The molecule has 3 N–H and O–H groups in total. The molecule has 27 heavy (non-hydrogen) atoms. The number of hydrogen-bond donors (Lipinski definition) is 3. The molecule has 2 aromatic carbocycles. The molecule has 1 heterocycles. The Morgan fingerprint density at radius 2 is 2.04 bits per heavy atom. The molecule has 0 bridgehead atoms. The van der Waals surface area contributed by atoms with E-state index in [0.717, 1.165) is 17.8 Å². The van der Waals surface area contributed by atoms with Crippen molar-refractivity contribution in [1.82, 2.24) is 15.6 Å². The highest BCUT2D eigenvalue weighted by Crippen LogP contribution is 2.32. The van der Waals surface area contributed by atoms with E-state index in [0.29, 0.717) is 5.69 Å². The second kappa shape index (κ2) is 7.67. The third kappa shape index (κ3) is 4.10. The molecule has 1 aromatic heterocycles. The third-order valence-electron chi connectivity index (χ3n) is 3.54. The van der Waals surface area contributed by atoms with Crippen LogP contribution in [-0.2, 0) is 0 Å². The van der Waals surface area contributed by atoms with Crippen LogP contribution in [0.4, 0.5) is 5.69 Å². The zero-order valence-electron chi connectivity index (χ0n) is 13.6. The van der Waals surface area contributed by atoms with E-state index >= 15 is 0 Å². The summed E-state index contributed by atoms with van der Waals surface area (Å²) in [5.74, 6) is -1.17. The molecule has 3 aromatic rings. The Hall–Kier alpha value is -3.72. The number of nitrogens with one attached hydrogen (secondary N) is 2. The Balaban J connectivity index is 1.73. The van der Waals surface area contributed by atoms with Crippen LogP contribution in [0.15, 0.2) is 53.6 Å². The van der Waals surface area contributed by atoms with Gasteiger partial charge in [0, 0.05) is 22.2 Å². The number of benzene rings is 2. The number of phenols is 1. The number of nitro benzene ring substituents is 1. The molecule has 1 amide bonds. The van der Waals surface area contributed by atoms with Crippen molar-refractivity contribution >= 4 is 29.4 Å². The summed E-state index contributed by atoms with van der Waals surface area (Å²) in [6.07, 6.45) is 1.06. The van der Waals surface area contributed by atoms with E-state index in [4.69, 9.17) is 11.6 Å². The standard InChI is InChI=1S/C17H12ClN5O4/c18-12-6-11(16(24)15(7-12)23(26)27)9-19-22-17(25)14-8-13(20-21-14)10-4-2-1-3-5-10/h1-9,24H,(H,20,21)(H,22,25). The van der Waals surface area contributed by atoms with Crippen LogP contribution < -0.4 is 5.43 Å². The summed E-state index contributed by atoms with van der Waals surface area (Å²) in [6, 6.07) is 13.1. The number of carbonyl (C=O) groups excluding carboxylic acids is 1. The molecule has 0 aliphatic rings. The molecule has 0 radical (unpaired) electrons. The van der Waals surface area contributed by atoms with Crippen LogP contribution in [0.1, 0.15) is 16.1 Å². The predicted molar refractivity (Wildman–Crippen MR) is 98.9 cm³/mol. The fraction of sp³-hybridized carbons (Fsp3) is 0. The van der Waals surface area contributed by atoms with Crippen molar-refractivity contribution in [3.63, 3.8) is 0 Å². The summed E-state index contributed by atoms with van der Waals surface area (Å²) < 4.78 is 0. The van der Waals surface area contributed by atoms with E-state index in [1.807, 2.05) is 30.3 Å². The third-order valence-corrected chi connectivity index (χ3v) is 3.76. The number of phenolic OH excluding ortho intramolecular Hbond substituents is 1. The summed E-state index contributed by atoms with van der Waals surface area (Å²) >= 11 is 5.79. The zero-order valence-corrected chi connectivity index (χ0v) is 14.3. The highest BCUT2D eigenvalue weighted by atomic mass is 35.5. The van der Waals surface area contributed by atoms with E-state index in [2.05, 4.69) is 20.7 Å². The predicted octanol–water partition coefficient (Wildman–Crippen LogP) is 3.11. The number of halogens is 1. The molecule has 10 heteroatoms. The van der Waals surface area contributed by atoms with Crippen molar-refractivity contribution in [2.75, 3.05) is 0 Å². The number of aromatic hydroxyl groups is 1. The molecule has 9 nitrogen and oxygen atoms in total. The number of aromatic nitrogens is 2. The van der Waals surface area contributed by atoms with E-state index in [1.165, 1.54) is 6.07 Å². The molecule has 0 spiro atoms. The average molecular weight is 386 g/mol. The molecule has 0 saturated carbocycles. The number of amides is 1. The summed E-state index contributed by atoms with van der Waals surface area (Å²) in [4.78, 5) is 22.2. The van der Waals surface area contributed by atoms with Crippen molar-refractivity contribution in [2.45, 2.75) is 0 Å². The van der Waals surface area contributed by atoms with Gasteiger partial charge in [-0.25, -0.2) is 5.43 Å². The fourth-order valence-electron chi connectivity index (χ4n) is 2.26. The van der Waals surface area contributed by atoms with E-state index < -0.39 is 22.3 Å². The van der Waals surface area contributed by atoms with Gasteiger partial charge in [0.1, 0.15) is 5.69 Å². The Morgan fingerprint density at radius 1 is 1.30 bits per heavy atom. The maximum Gasteiger partial charge on any atom is 0.312 e. The number of nitrogens with zero attached hydrogens (tertiary/aromatic N) is 3. The minimum absolute atomic E-state index is 0.0101. The van der Waals surface area contributed by atoms with Crippen LogP contribution >= 0.6 is 11.6 Å². The van der Waals surface area contributed by atoms with E-state index in [1.54, 1.807) is 6.07 Å². The van der Waals surface area contributed by atoms with Gasteiger partial charge < -0.3 is 5.11 Å². The first-order chi connectivity index (χ1) is 13.0. The fourth-order valence-corrected chi connectivity index (χ4v) is 2.48. The van der Waals surface area contributed by atoms with Gasteiger partial charge in [0.15, 0.2) is 0 Å². The van der Waals surface area contributed by atoms with Gasteiger partial charge in [-0.2, -0.15) is 10.2 Å². The molecule has 136 valence electrons. The van der Waals surface area contributed by atoms with Gasteiger partial charge in [0.25, 0.3) is 5.91 Å². The normalized spacial score (nSPS) is 10.9. The van der Waals surface area contributed by atoms with Gasteiger partial charge in [0.2, 0.25) is 5.75 Å². The number of hydrazone groups is 1. The summed E-state index contributed by atoms with van der Waals surface area (Å²) in [7, 11) is 0. The number of H-pyrrole nitrogens is 1. The topological polar surface area (TPSA) is 134 Å². The molecule has 0 aliphatic carbocycles. The SMILES string of the molecule is O=C(NN=Cc1cc(Cl)cc([N+](=O)[O-])c1O)c1cc(-c2ccccc2)n[nH]1. The molecule has 0 fully saturated rings. The van der Waals surface area contributed by atoms with E-state index in [-0.39, 0.29) is 16.3 Å². The van der Waals surface area contributed by atoms with Gasteiger partial charge in [-0.1, -0.05) is 41.9 Å². The first kappa shape index (κ1) is 18.1. The molecule has 0 saturated heterocycles. The van der Waals surface area contributed by atoms with Crippen molar-refractivity contribution < 1.29 is 14.8 Å². The number of carbonyl (C=O) groups is 1. The summed E-state index contributed by atoms with van der Waals surface area (Å²) in [6.45, 7) is 0. The van der Waals surface area contributed by atoms with Gasteiger partial charge in [-0.3, -0.25) is 20.0 Å². The summed E-state index contributed by atoms with van der Waals surface area (Å²) in [5, 5.41) is 31.1. The minimum atomic E-state index is -0.771. The second-order valence-electron chi connectivity index (χ2n) is 5.35. The Bertz CT molecular complexity index is 1030. The number of rotatable bonds is 5. The maximum atomic E-state index is 12.1. The smallest absolute Gasteiger partial charge is 0.312 e. The van der Waals surface area contributed by atoms with Crippen LogP contribution in [0.3, 0.4) is 0 Å². The lowest BCUT2D eigenvalue weighted by Gasteiger charge is -2.01. The largest absolute Gasteiger partial charge is 0.502 e. The van der Waals surface area contributed by atoms with Crippen molar-refractivity contribution in [1.29, 1.82) is 0 Å². The number of hydrogen-bond acceptors (Lipinski definition) is 6.